The first-order chi connectivity index (χ1) is 11.5. The van der Waals surface area contributed by atoms with Crippen molar-refractivity contribution in [1.29, 1.82) is 0 Å². The van der Waals surface area contributed by atoms with Crippen molar-refractivity contribution in [2.24, 2.45) is 10.4 Å². The Kier molecular flexibility index (Phi) is 9.31. The van der Waals surface area contributed by atoms with E-state index in [9.17, 15) is 4.79 Å². The van der Waals surface area contributed by atoms with Crippen LogP contribution in [0, 0.1) is 5.41 Å². The van der Waals surface area contributed by atoms with E-state index in [1.54, 1.807) is 13.3 Å². The van der Waals surface area contributed by atoms with Crippen LogP contribution in [0.4, 0.5) is 0 Å². The molecule has 0 spiro atoms. The second kappa shape index (κ2) is 10.7. The second-order valence-electron chi connectivity index (χ2n) is 7.01. The molecule has 1 aromatic rings. The maximum atomic E-state index is 11.9. The zero-order chi connectivity index (χ0) is 17.4. The molecule has 0 radical (unpaired) electrons. The smallest absolute Gasteiger partial charge is 0.227 e. The number of carbonyl (C=O) groups is 1. The number of amides is 1. The van der Waals surface area contributed by atoms with Crippen LogP contribution in [0.25, 0.3) is 0 Å². The molecule has 3 N–H and O–H groups in total. The number of rotatable bonds is 7. The topological polar surface area (TPSA) is 78.7 Å². The number of guanidine groups is 1. The molecule has 0 aliphatic heterocycles. The van der Waals surface area contributed by atoms with Gasteiger partial charge in [-0.15, -0.1) is 24.0 Å². The summed E-state index contributed by atoms with van der Waals surface area (Å²) in [5, 5.41) is 9.57. The van der Waals surface area contributed by atoms with E-state index in [2.05, 4.69) is 20.9 Å². The van der Waals surface area contributed by atoms with E-state index in [1.807, 2.05) is 26.0 Å². The Hall–Kier alpha value is -1.25. The Morgan fingerprint density at radius 1 is 1.36 bits per heavy atom. The van der Waals surface area contributed by atoms with Crippen LogP contribution in [-0.4, -0.2) is 38.0 Å². The second-order valence-corrected chi connectivity index (χ2v) is 7.01. The van der Waals surface area contributed by atoms with Gasteiger partial charge in [-0.3, -0.25) is 9.79 Å². The minimum atomic E-state index is -0.528. The fourth-order valence-corrected chi connectivity index (χ4v) is 2.86. The summed E-state index contributed by atoms with van der Waals surface area (Å²) in [6, 6.07) is 4.34. The summed E-state index contributed by atoms with van der Waals surface area (Å²) in [4.78, 5) is 16.6. The summed E-state index contributed by atoms with van der Waals surface area (Å²) in [5.74, 6) is 1.74. The number of nitrogens with zero attached hydrogens (tertiary/aromatic N) is 1. The van der Waals surface area contributed by atoms with Crippen LogP contribution in [0.5, 0.6) is 0 Å². The van der Waals surface area contributed by atoms with E-state index in [0.29, 0.717) is 12.6 Å². The zero-order valence-electron chi connectivity index (χ0n) is 15.4. The molecule has 1 saturated carbocycles. The van der Waals surface area contributed by atoms with Crippen molar-refractivity contribution in [3.8, 4) is 0 Å². The SMILES string of the molecule is CNC(=O)C(C)(C)CN=C(NCCc1ccco1)NC1CCCC1.I. The van der Waals surface area contributed by atoms with Gasteiger partial charge in [-0.2, -0.15) is 0 Å². The Morgan fingerprint density at radius 3 is 2.68 bits per heavy atom. The van der Waals surface area contributed by atoms with Gasteiger partial charge in [0.15, 0.2) is 5.96 Å². The van der Waals surface area contributed by atoms with Crippen LogP contribution in [0.2, 0.25) is 0 Å². The molecule has 1 amide bonds. The molecular formula is C18H31IN4O2. The van der Waals surface area contributed by atoms with Crippen molar-refractivity contribution >= 4 is 35.8 Å². The first-order valence-corrected chi connectivity index (χ1v) is 8.80. The zero-order valence-corrected chi connectivity index (χ0v) is 17.8. The van der Waals surface area contributed by atoms with Gasteiger partial charge in [0.2, 0.25) is 5.91 Å². The van der Waals surface area contributed by atoms with Crippen molar-refractivity contribution in [1.82, 2.24) is 16.0 Å². The Balaban J connectivity index is 0.00000312. The molecule has 2 rings (SSSR count). The molecule has 0 atom stereocenters. The normalized spacial score (nSPS) is 15.6. The van der Waals surface area contributed by atoms with Crippen LogP contribution >= 0.6 is 24.0 Å². The number of halogens is 1. The lowest BCUT2D eigenvalue weighted by Gasteiger charge is -2.22. The third kappa shape index (κ3) is 7.25. The van der Waals surface area contributed by atoms with Crippen LogP contribution in [0.15, 0.2) is 27.8 Å². The van der Waals surface area contributed by atoms with Crippen LogP contribution in [0.1, 0.15) is 45.3 Å². The minimum Gasteiger partial charge on any atom is -0.469 e. The van der Waals surface area contributed by atoms with Gasteiger partial charge in [0.05, 0.1) is 18.2 Å². The van der Waals surface area contributed by atoms with Gasteiger partial charge < -0.3 is 20.4 Å². The average molecular weight is 462 g/mol. The first-order valence-electron chi connectivity index (χ1n) is 8.80. The molecule has 1 aliphatic carbocycles. The van der Waals surface area contributed by atoms with E-state index in [0.717, 1.165) is 24.7 Å². The van der Waals surface area contributed by atoms with E-state index >= 15 is 0 Å². The molecule has 25 heavy (non-hydrogen) atoms. The Labute approximate surface area is 167 Å². The van der Waals surface area contributed by atoms with Gasteiger partial charge in [-0.25, -0.2) is 0 Å². The maximum Gasteiger partial charge on any atom is 0.227 e. The fraction of sp³-hybridized carbons (Fsp3) is 0.667. The summed E-state index contributed by atoms with van der Waals surface area (Å²) < 4.78 is 5.36. The lowest BCUT2D eigenvalue weighted by molar-refractivity contribution is -0.128. The quantitative estimate of drug-likeness (QED) is 0.331. The van der Waals surface area contributed by atoms with Crippen molar-refractivity contribution < 1.29 is 9.21 Å². The number of furan rings is 1. The number of nitrogens with one attached hydrogen (secondary N) is 3. The molecule has 6 nitrogen and oxygen atoms in total. The molecule has 1 aliphatic rings. The predicted molar refractivity (Wildman–Crippen MR) is 111 cm³/mol. The van der Waals surface area contributed by atoms with E-state index in [1.165, 1.54) is 25.7 Å². The third-order valence-electron chi connectivity index (χ3n) is 4.41. The molecule has 142 valence electrons. The van der Waals surface area contributed by atoms with Gasteiger partial charge in [-0.05, 0) is 38.8 Å². The van der Waals surface area contributed by atoms with E-state index in [-0.39, 0.29) is 29.9 Å². The number of aliphatic imine (C=N–C) groups is 1. The van der Waals surface area contributed by atoms with Crippen LogP contribution < -0.4 is 16.0 Å². The lowest BCUT2D eigenvalue weighted by atomic mass is 9.93. The standard InChI is InChI=1S/C18H30N4O2.HI/c1-18(2,16(23)19-3)13-21-17(22-14-7-4-5-8-14)20-11-10-15-9-6-12-24-15;/h6,9,12,14H,4-5,7-8,10-11,13H2,1-3H3,(H,19,23)(H2,20,21,22);1H. The molecule has 0 aromatic carbocycles. The summed E-state index contributed by atoms with van der Waals surface area (Å²) in [6.07, 6.45) is 7.38. The minimum absolute atomic E-state index is 0. The van der Waals surface area contributed by atoms with Crippen molar-refractivity contribution in [2.75, 3.05) is 20.1 Å². The predicted octanol–water partition coefficient (Wildman–Crippen LogP) is 2.69. The molecule has 0 saturated heterocycles. The van der Waals surface area contributed by atoms with Gasteiger partial charge in [0.25, 0.3) is 0 Å². The molecule has 1 aromatic heterocycles. The monoisotopic (exact) mass is 462 g/mol. The maximum absolute atomic E-state index is 11.9. The molecule has 0 unspecified atom stereocenters. The molecular weight excluding hydrogens is 431 g/mol. The highest BCUT2D eigenvalue weighted by molar-refractivity contribution is 14.0. The highest BCUT2D eigenvalue weighted by Gasteiger charge is 2.26. The summed E-state index contributed by atoms with van der Waals surface area (Å²) >= 11 is 0. The molecule has 1 fully saturated rings. The fourth-order valence-electron chi connectivity index (χ4n) is 2.86. The highest BCUT2D eigenvalue weighted by atomic mass is 127. The summed E-state index contributed by atoms with van der Waals surface area (Å²) in [7, 11) is 1.66. The van der Waals surface area contributed by atoms with Crippen LogP contribution in [-0.2, 0) is 11.2 Å². The lowest BCUT2D eigenvalue weighted by Crippen LogP contribution is -2.44. The number of hydrogen-bond donors (Lipinski definition) is 3. The summed E-state index contributed by atoms with van der Waals surface area (Å²) in [5.41, 5.74) is -0.528. The van der Waals surface area contributed by atoms with Gasteiger partial charge >= 0.3 is 0 Å². The van der Waals surface area contributed by atoms with Crippen molar-refractivity contribution in [3.05, 3.63) is 24.2 Å². The largest absolute Gasteiger partial charge is 0.469 e. The van der Waals surface area contributed by atoms with E-state index < -0.39 is 5.41 Å². The van der Waals surface area contributed by atoms with Gasteiger partial charge in [0.1, 0.15) is 5.76 Å². The van der Waals surface area contributed by atoms with Gasteiger partial charge in [-0.1, -0.05) is 12.8 Å². The average Bonchev–Trinajstić information content (AvgIpc) is 3.25. The molecule has 7 heteroatoms. The third-order valence-corrected chi connectivity index (χ3v) is 4.41. The Morgan fingerprint density at radius 2 is 2.08 bits per heavy atom. The Bertz CT molecular complexity index is 537. The van der Waals surface area contributed by atoms with Gasteiger partial charge in [0, 0.05) is 26.1 Å². The number of carbonyl (C=O) groups excluding carboxylic acids is 1. The summed E-state index contributed by atoms with van der Waals surface area (Å²) in [6.45, 7) is 5.00. The first kappa shape index (κ1) is 21.8. The molecule has 0 bridgehead atoms. The molecule has 1 heterocycles. The van der Waals surface area contributed by atoms with Crippen molar-refractivity contribution in [3.63, 3.8) is 0 Å². The number of hydrogen-bond acceptors (Lipinski definition) is 3. The highest BCUT2D eigenvalue weighted by Crippen LogP contribution is 2.18. The van der Waals surface area contributed by atoms with Crippen LogP contribution in [0.3, 0.4) is 0 Å². The van der Waals surface area contributed by atoms with E-state index in [4.69, 9.17) is 4.42 Å². The van der Waals surface area contributed by atoms with Crippen molar-refractivity contribution in [2.45, 2.75) is 52.0 Å².